The molecule has 1 aliphatic heterocycles. The summed E-state index contributed by atoms with van der Waals surface area (Å²) >= 11 is 0. The van der Waals surface area contributed by atoms with Gasteiger partial charge in [0.1, 0.15) is 0 Å². The first-order chi connectivity index (χ1) is 10.3. The van der Waals surface area contributed by atoms with Crippen LogP contribution in [0, 0.1) is 0 Å². The maximum absolute atomic E-state index is 12.2. The van der Waals surface area contributed by atoms with Crippen molar-refractivity contribution in [2.75, 3.05) is 6.54 Å². The van der Waals surface area contributed by atoms with E-state index in [9.17, 15) is 4.79 Å². The highest BCUT2D eigenvalue weighted by atomic mass is 16.2. The standard InChI is InChI=1S/C17H19N3O/c21-17(19-9-7-13-4-3-8-18-11-13)16-10-14-5-1-2-6-15(14)12-20-16/h1-6,8,11,16,20H,7,9-10,12H2,(H,19,21)/t16-/m0/s1. The largest absolute Gasteiger partial charge is 0.354 e. The number of benzene rings is 1. The molecular formula is C17H19N3O. The Morgan fingerprint density at radius 3 is 2.90 bits per heavy atom. The van der Waals surface area contributed by atoms with Crippen LogP contribution in [0.3, 0.4) is 0 Å². The Morgan fingerprint density at radius 1 is 1.24 bits per heavy atom. The number of fused-ring (bicyclic) bond motifs is 1. The van der Waals surface area contributed by atoms with Gasteiger partial charge in [0.2, 0.25) is 5.91 Å². The number of nitrogens with zero attached hydrogens (tertiary/aromatic N) is 1. The number of amides is 1. The number of carbonyl (C=O) groups excluding carboxylic acids is 1. The van der Waals surface area contributed by atoms with E-state index in [0.29, 0.717) is 6.54 Å². The molecule has 1 aromatic carbocycles. The summed E-state index contributed by atoms with van der Waals surface area (Å²) < 4.78 is 0. The van der Waals surface area contributed by atoms with Crippen LogP contribution in [0.1, 0.15) is 16.7 Å². The normalized spacial score (nSPS) is 17.0. The molecule has 2 aromatic rings. The molecule has 1 aliphatic rings. The van der Waals surface area contributed by atoms with Crippen LogP contribution in [0.4, 0.5) is 0 Å². The van der Waals surface area contributed by atoms with Crippen molar-refractivity contribution in [2.45, 2.75) is 25.4 Å². The third kappa shape index (κ3) is 3.47. The number of hydrogen-bond donors (Lipinski definition) is 2. The van der Waals surface area contributed by atoms with E-state index in [1.54, 1.807) is 6.20 Å². The molecule has 1 aromatic heterocycles. The number of pyridine rings is 1. The van der Waals surface area contributed by atoms with Gasteiger partial charge < -0.3 is 10.6 Å². The fourth-order valence-corrected chi connectivity index (χ4v) is 2.64. The van der Waals surface area contributed by atoms with E-state index in [4.69, 9.17) is 0 Å². The van der Waals surface area contributed by atoms with E-state index in [-0.39, 0.29) is 11.9 Å². The lowest BCUT2D eigenvalue weighted by Gasteiger charge is -2.25. The molecule has 0 saturated carbocycles. The Kier molecular flexibility index (Phi) is 4.26. The second-order valence-electron chi connectivity index (χ2n) is 5.31. The van der Waals surface area contributed by atoms with Crippen molar-refractivity contribution in [3.63, 3.8) is 0 Å². The van der Waals surface area contributed by atoms with Crippen molar-refractivity contribution >= 4 is 5.91 Å². The van der Waals surface area contributed by atoms with Crippen molar-refractivity contribution in [3.05, 3.63) is 65.5 Å². The first kappa shape index (κ1) is 13.8. The summed E-state index contributed by atoms with van der Waals surface area (Å²) in [6.45, 7) is 1.40. The van der Waals surface area contributed by atoms with Crippen molar-refractivity contribution in [2.24, 2.45) is 0 Å². The monoisotopic (exact) mass is 281 g/mol. The minimum Gasteiger partial charge on any atom is -0.354 e. The van der Waals surface area contributed by atoms with Crippen LogP contribution in [0.5, 0.6) is 0 Å². The minimum absolute atomic E-state index is 0.0772. The Hall–Kier alpha value is -2.20. The minimum atomic E-state index is -0.131. The van der Waals surface area contributed by atoms with Crippen LogP contribution in [-0.4, -0.2) is 23.5 Å². The van der Waals surface area contributed by atoms with Gasteiger partial charge in [-0.2, -0.15) is 0 Å². The van der Waals surface area contributed by atoms with E-state index in [1.807, 2.05) is 30.5 Å². The highest BCUT2D eigenvalue weighted by Gasteiger charge is 2.23. The predicted molar refractivity (Wildman–Crippen MR) is 81.7 cm³/mol. The van der Waals surface area contributed by atoms with Crippen LogP contribution in [0.25, 0.3) is 0 Å². The summed E-state index contributed by atoms with van der Waals surface area (Å²) in [5.41, 5.74) is 3.69. The summed E-state index contributed by atoms with van der Waals surface area (Å²) in [4.78, 5) is 16.3. The SMILES string of the molecule is O=C(NCCc1cccnc1)[C@@H]1Cc2ccccc2CN1. The summed E-state index contributed by atoms with van der Waals surface area (Å²) in [6.07, 6.45) is 5.16. The molecule has 0 fully saturated rings. The number of carbonyl (C=O) groups is 1. The first-order valence-electron chi connectivity index (χ1n) is 7.30. The van der Waals surface area contributed by atoms with Gasteiger partial charge in [0.15, 0.2) is 0 Å². The van der Waals surface area contributed by atoms with Gasteiger partial charge in [-0.15, -0.1) is 0 Å². The van der Waals surface area contributed by atoms with Crippen LogP contribution in [0.2, 0.25) is 0 Å². The van der Waals surface area contributed by atoms with E-state index < -0.39 is 0 Å². The topological polar surface area (TPSA) is 54.0 Å². The molecule has 0 spiro atoms. The van der Waals surface area contributed by atoms with Crippen LogP contribution in [0.15, 0.2) is 48.8 Å². The molecule has 0 unspecified atom stereocenters. The fourth-order valence-electron chi connectivity index (χ4n) is 2.64. The zero-order chi connectivity index (χ0) is 14.5. The van der Waals surface area contributed by atoms with Gasteiger partial charge in [0.05, 0.1) is 6.04 Å². The molecule has 0 radical (unpaired) electrons. The number of aromatic nitrogens is 1. The molecule has 4 nitrogen and oxygen atoms in total. The molecule has 3 rings (SSSR count). The van der Waals surface area contributed by atoms with E-state index in [0.717, 1.165) is 24.9 Å². The van der Waals surface area contributed by atoms with Gasteiger partial charge in [-0.25, -0.2) is 0 Å². The summed E-state index contributed by atoms with van der Waals surface area (Å²) in [7, 11) is 0. The Morgan fingerprint density at radius 2 is 2.10 bits per heavy atom. The Balaban J connectivity index is 1.50. The maximum atomic E-state index is 12.2. The average Bonchev–Trinajstić information content (AvgIpc) is 2.55. The molecule has 2 N–H and O–H groups in total. The number of rotatable bonds is 4. The van der Waals surface area contributed by atoms with Gasteiger partial charge in [-0.3, -0.25) is 9.78 Å². The van der Waals surface area contributed by atoms with Crippen molar-refractivity contribution in [1.29, 1.82) is 0 Å². The fraction of sp³-hybridized carbons (Fsp3) is 0.294. The lowest BCUT2D eigenvalue weighted by molar-refractivity contribution is -0.123. The summed E-state index contributed by atoms with van der Waals surface area (Å²) in [5.74, 6) is 0.0772. The van der Waals surface area contributed by atoms with E-state index in [1.165, 1.54) is 11.1 Å². The average molecular weight is 281 g/mol. The Labute approximate surface area is 124 Å². The number of nitrogens with one attached hydrogen (secondary N) is 2. The third-order valence-corrected chi connectivity index (χ3v) is 3.83. The lowest BCUT2D eigenvalue weighted by Crippen LogP contribution is -2.48. The van der Waals surface area contributed by atoms with Gasteiger partial charge in [0, 0.05) is 25.5 Å². The zero-order valence-electron chi connectivity index (χ0n) is 11.9. The predicted octanol–water partition coefficient (Wildman–Crippen LogP) is 1.45. The zero-order valence-corrected chi connectivity index (χ0v) is 11.9. The highest BCUT2D eigenvalue weighted by Crippen LogP contribution is 2.16. The molecule has 1 amide bonds. The Bertz CT molecular complexity index is 612. The third-order valence-electron chi connectivity index (χ3n) is 3.83. The van der Waals surface area contributed by atoms with E-state index in [2.05, 4.69) is 27.8 Å². The molecule has 1 atom stereocenters. The second kappa shape index (κ2) is 6.50. The molecule has 108 valence electrons. The molecule has 4 heteroatoms. The van der Waals surface area contributed by atoms with Crippen molar-refractivity contribution in [3.8, 4) is 0 Å². The van der Waals surface area contributed by atoms with Crippen LogP contribution >= 0.6 is 0 Å². The van der Waals surface area contributed by atoms with Gasteiger partial charge in [-0.1, -0.05) is 30.3 Å². The molecular weight excluding hydrogens is 262 g/mol. The molecule has 0 bridgehead atoms. The maximum Gasteiger partial charge on any atom is 0.237 e. The van der Waals surface area contributed by atoms with Crippen molar-refractivity contribution < 1.29 is 4.79 Å². The first-order valence-corrected chi connectivity index (χ1v) is 7.30. The smallest absolute Gasteiger partial charge is 0.237 e. The second-order valence-corrected chi connectivity index (χ2v) is 5.31. The van der Waals surface area contributed by atoms with Gasteiger partial charge in [-0.05, 0) is 35.6 Å². The summed E-state index contributed by atoms with van der Waals surface area (Å²) in [5, 5.41) is 6.30. The molecule has 2 heterocycles. The van der Waals surface area contributed by atoms with Crippen LogP contribution in [-0.2, 0) is 24.2 Å². The van der Waals surface area contributed by atoms with Crippen molar-refractivity contribution in [1.82, 2.24) is 15.6 Å². The molecule has 0 aliphatic carbocycles. The van der Waals surface area contributed by atoms with Gasteiger partial charge >= 0.3 is 0 Å². The van der Waals surface area contributed by atoms with E-state index >= 15 is 0 Å². The quantitative estimate of drug-likeness (QED) is 0.892. The number of hydrogen-bond acceptors (Lipinski definition) is 3. The molecule has 21 heavy (non-hydrogen) atoms. The lowest BCUT2D eigenvalue weighted by atomic mass is 9.95. The van der Waals surface area contributed by atoms with Crippen LogP contribution < -0.4 is 10.6 Å². The molecule has 0 saturated heterocycles. The van der Waals surface area contributed by atoms with Gasteiger partial charge in [0.25, 0.3) is 0 Å². The summed E-state index contributed by atoms with van der Waals surface area (Å²) in [6, 6.07) is 12.1. The highest BCUT2D eigenvalue weighted by molar-refractivity contribution is 5.82.